The van der Waals surface area contributed by atoms with E-state index in [1.807, 2.05) is 0 Å². The molecule has 2 aromatic heterocycles. The van der Waals surface area contributed by atoms with Gasteiger partial charge in [-0.15, -0.1) is 0 Å². The molecule has 0 fully saturated rings. The monoisotopic (exact) mass is 320 g/mol. The third-order valence-electron chi connectivity index (χ3n) is 1.48. The van der Waals surface area contributed by atoms with Crippen molar-refractivity contribution in [2.24, 2.45) is 0 Å². The molecule has 0 atom stereocenters. The van der Waals surface area contributed by atoms with Gasteiger partial charge in [0.1, 0.15) is 12.0 Å². The first-order valence-corrected chi connectivity index (χ1v) is 5.50. The summed E-state index contributed by atoms with van der Waals surface area (Å²) in [5, 5.41) is 0. The zero-order valence-corrected chi connectivity index (χ0v) is 10.1. The van der Waals surface area contributed by atoms with Crippen LogP contribution >= 0.6 is 34.1 Å². The van der Waals surface area contributed by atoms with Gasteiger partial charge in [-0.3, -0.25) is 0 Å². The van der Waals surface area contributed by atoms with Gasteiger partial charge in [-0.1, -0.05) is 0 Å². The predicted molar refractivity (Wildman–Crippen MR) is 60.2 cm³/mol. The smallest absolute Gasteiger partial charge is 0.216 e. The van der Waals surface area contributed by atoms with Crippen molar-refractivity contribution in [2.45, 2.75) is 0 Å². The van der Waals surface area contributed by atoms with Crippen LogP contribution in [0.25, 0.3) is 11.5 Å². The van der Waals surface area contributed by atoms with E-state index in [2.05, 4.69) is 41.9 Å². The number of nitrogens with zero attached hydrogens (tertiary/aromatic N) is 4. The molecule has 2 heterocycles. The van der Waals surface area contributed by atoms with Gasteiger partial charge in [-0.2, -0.15) is 4.37 Å². The Morgan fingerprint density at radius 1 is 1.43 bits per heavy atom. The van der Waals surface area contributed by atoms with E-state index in [1.165, 1.54) is 17.9 Å². The molecule has 0 spiro atoms. The second-order valence-electron chi connectivity index (χ2n) is 2.32. The SMILES string of the molecule is COc1cc(-c2nsc(I)n2)ncn1. The normalized spacial score (nSPS) is 10.1. The second-order valence-corrected chi connectivity index (χ2v) is 4.82. The highest BCUT2D eigenvalue weighted by Gasteiger charge is 2.07. The third kappa shape index (κ3) is 1.98. The number of hydrogen-bond donors (Lipinski definition) is 0. The van der Waals surface area contributed by atoms with Gasteiger partial charge in [0, 0.05) is 6.07 Å². The minimum Gasteiger partial charge on any atom is -0.481 e. The van der Waals surface area contributed by atoms with Crippen molar-refractivity contribution in [3.8, 4) is 17.4 Å². The van der Waals surface area contributed by atoms with Gasteiger partial charge < -0.3 is 4.74 Å². The first kappa shape index (κ1) is 9.71. The molecular formula is C7H5IN4OS. The van der Waals surface area contributed by atoms with Crippen LogP contribution in [-0.2, 0) is 0 Å². The predicted octanol–water partition coefficient (Wildman–Crippen LogP) is 1.61. The van der Waals surface area contributed by atoms with Gasteiger partial charge in [-0.05, 0) is 34.1 Å². The van der Waals surface area contributed by atoms with Crippen molar-refractivity contribution in [3.63, 3.8) is 0 Å². The minimum absolute atomic E-state index is 0.514. The molecule has 0 saturated carbocycles. The van der Waals surface area contributed by atoms with Crippen molar-refractivity contribution < 1.29 is 4.74 Å². The van der Waals surface area contributed by atoms with Crippen LogP contribution in [0.1, 0.15) is 0 Å². The van der Waals surface area contributed by atoms with Gasteiger partial charge in [0.25, 0.3) is 0 Å². The first-order valence-electron chi connectivity index (χ1n) is 3.65. The molecule has 0 unspecified atom stereocenters. The Balaban J connectivity index is 2.41. The van der Waals surface area contributed by atoms with Crippen LogP contribution < -0.4 is 4.74 Å². The largest absolute Gasteiger partial charge is 0.481 e. The number of halogens is 1. The van der Waals surface area contributed by atoms with Crippen LogP contribution in [0.5, 0.6) is 5.88 Å². The quantitative estimate of drug-likeness (QED) is 0.787. The van der Waals surface area contributed by atoms with Gasteiger partial charge >= 0.3 is 0 Å². The Hall–Kier alpha value is -0.830. The summed E-state index contributed by atoms with van der Waals surface area (Å²) in [5.74, 6) is 1.12. The molecule has 2 aromatic rings. The summed E-state index contributed by atoms with van der Waals surface area (Å²) in [6.07, 6.45) is 1.43. The Morgan fingerprint density at radius 2 is 2.29 bits per heavy atom. The molecule has 7 heteroatoms. The van der Waals surface area contributed by atoms with E-state index in [-0.39, 0.29) is 0 Å². The summed E-state index contributed by atoms with van der Waals surface area (Å²) in [6.45, 7) is 0. The van der Waals surface area contributed by atoms with Crippen LogP contribution in [0.2, 0.25) is 0 Å². The molecule has 72 valence electrons. The third-order valence-corrected chi connectivity index (χ3v) is 2.82. The molecule has 0 saturated heterocycles. The van der Waals surface area contributed by atoms with Gasteiger partial charge in [-0.25, -0.2) is 15.0 Å². The summed E-state index contributed by atoms with van der Waals surface area (Å²) < 4.78 is 10.0. The molecule has 0 aromatic carbocycles. The van der Waals surface area contributed by atoms with E-state index in [0.29, 0.717) is 17.4 Å². The van der Waals surface area contributed by atoms with Crippen LogP contribution in [0.15, 0.2) is 12.4 Å². The summed E-state index contributed by atoms with van der Waals surface area (Å²) >= 11 is 3.45. The van der Waals surface area contributed by atoms with E-state index < -0.39 is 0 Å². The van der Waals surface area contributed by atoms with Gasteiger partial charge in [0.05, 0.1) is 7.11 Å². The lowest BCUT2D eigenvalue weighted by Crippen LogP contribution is -1.91. The molecule has 0 N–H and O–H groups in total. The van der Waals surface area contributed by atoms with Crippen LogP contribution in [0.3, 0.4) is 0 Å². The van der Waals surface area contributed by atoms with E-state index in [9.17, 15) is 0 Å². The standard InChI is InChI=1S/C7H5IN4OS/c1-13-5-2-4(9-3-10-5)6-11-7(8)14-12-6/h2-3H,1H3. The van der Waals surface area contributed by atoms with Gasteiger partial charge in [0.2, 0.25) is 5.88 Å². The molecule has 0 aliphatic rings. The van der Waals surface area contributed by atoms with Crippen LogP contribution in [0, 0.1) is 3.01 Å². The average Bonchev–Trinajstić information content (AvgIpc) is 2.65. The highest BCUT2D eigenvalue weighted by atomic mass is 127. The fourth-order valence-electron chi connectivity index (χ4n) is 0.882. The fraction of sp³-hybridized carbons (Fsp3) is 0.143. The highest BCUT2D eigenvalue weighted by molar-refractivity contribution is 14.1. The maximum atomic E-state index is 4.98. The molecule has 5 nitrogen and oxygen atoms in total. The molecule has 0 bridgehead atoms. The maximum absolute atomic E-state index is 4.98. The van der Waals surface area contributed by atoms with E-state index in [1.54, 1.807) is 13.2 Å². The molecular weight excluding hydrogens is 315 g/mol. The summed E-state index contributed by atoms with van der Waals surface area (Å²) in [7, 11) is 1.56. The zero-order valence-electron chi connectivity index (χ0n) is 7.14. The number of rotatable bonds is 2. The highest BCUT2D eigenvalue weighted by Crippen LogP contribution is 2.19. The van der Waals surface area contributed by atoms with Crippen molar-refractivity contribution in [2.75, 3.05) is 7.11 Å². The lowest BCUT2D eigenvalue weighted by molar-refractivity contribution is 0.397. The summed E-state index contributed by atoms with van der Waals surface area (Å²) in [4.78, 5) is 12.2. The lowest BCUT2D eigenvalue weighted by atomic mass is 10.4. The topological polar surface area (TPSA) is 60.8 Å². The Kier molecular flexibility index (Phi) is 2.87. The Morgan fingerprint density at radius 3 is 2.93 bits per heavy atom. The van der Waals surface area contributed by atoms with Crippen molar-refractivity contribution in [1.82, 2.24) is 19.3 Å². The minimum atomic E-state index is 0.514. The first-order chi connectivity index (χ1) is 6.79. The molecule has 0 aliphatic carbocycles. The van der Waals surface area contributed by atoms with E-state index in [0.717, 1.165) is 3.01 Å². The Labute approximate surface area is 97.9 Å². The maximum Gasteiger partial charge on any atom is 0.216 e. The molecule has 0 aliphatic heterocycles. The molecule has 0 amide bonds. The van der Waals surface area contributed by atoms with Crippen molar-refractivity contribution >= 4 is 34.1 Å². The fourth-order valence-corrected chi connectivity index (χ4v) is 1.83. The van der Waals surface area contributed by atoms with E-state index in [4.69, 9.17) is 4.74 Å². The number of hydrogen-bond acceptors (Lipinski definition) is 6. The van der Waals surface area contributed by atoms with Gasteiger partial charge in [0.15, 0.2) is 8.84 Å². The van der Waals surface area contributed by atoms with Crippen molar-refractivity contribution in [1.29, 1.82) is 0 Å². The lowest BCUT2D eigenvalue weighted by Gasteiger charge is -1.98. The average molecular weight is 320 g/mol. The summed E-state index contributed by atoms with van der Waals surface area (Å²) in [6, 6.07) is 1.71. The molecule has 14 heavy (non-hydrogen) atoms. The molecule has 0 radical (unpaired) electrons. The molecule has 2 rings (SSSR count). The van der Waals surface area contributed by atoms with Crippen molar-refractivity contribution in [3.05, 3.63) is 15.4 Å². The summed E-state index contributed by atoms with van der Waals surface area (Å²) in [5.41, 5.74) is 0.677. The van der Waals surface area contributed by atoms with Crippen LogP contribution in [-0.4, -0.2) is 26.4 Å². The number of methoxy groups -OCH3 is 1. The number of aromatic nitrogens is 4. The Bertz CT molecular complexity index is 447. The van der Waals surface area contributed by atoms with Crippen LogP contribution in [0.4, 0.5) is 0 Å². The number of ether oxygens (including phenoxy) is 1. The zero-order chi connectivity index (χ0) is 9.97. The van der Waals surface area contributed by atoms with E-state index >= 15 is 0 Å². The second kappa shape index (κ2) is 4.13.